The first-order valence-corrected chi connectivity index (χ1v) is 9.42. The Kier molecular flexibility index (Phi) is 4.35. The zero-order chi connectivity index (χ0) is 18.4. The topological polar surface area (TPSA) is 70.5 Å². The van der Waals surface area contributed by atoms with E-state index in [0.717, 1.165) is 29.4 Å². The molecule has 1 aromatic carbocycles. The summed E-state index contributed by atoms with van der Waals surface area (Å²) in [5, 5.41) is 10.7. The number of pyridine rings is 1. The second-order valence-electron chi connectivity index (χ2n) is 7.62. The Morgan fingerprint density at radius 3 is 2.69 bits per heavy atom. The maximum atomic E-state index is 13.3. The molecule has 1 aliphatic heterocycles. The Bertz CT molecular complexity index is 894. The van der Waals surface area contributed by atoms with Gasteiger partial charge in [-0.15, -0.1) is 0 Å². The zero-order valence-electron chi connectivity index (χ0n) is 14.6. The van der Waals surface area contributed by atoms with E-state index in [0.29, 0.717) is 29.5 Å². The standard InChI is InChI=1S/C20H21ClN2O3/c1-11-6-13(20(25)26)10-23(9-11)19(24)16-8-18(12-2-3-12)22-17-5-4-14(21)7-15(16)17/h4-5,7-8,11-13H,2-3,6,9-10H2,1H3,(H,25,26). The first-order chi connectivity index (χ1) is 12.4. The van der Waals surface area contributed by atoms with Gasteiger partial charge in [0.05, 0.1) is 17.0 Å². The number of carboxylic acid groups (broad SMARTS) is 1. The van der Waals surface area contributed by atoms with Crippen LogP contribution in [0.15, 0.2) is 24.3 Å². The molecular weight excluding hydrogens is 352 g/mol. The highest BCUT2D eigenvalue weighted by Gasteiger charge is 2.34. The van der Waals surface area contributed by atoms with E-state index in [1.807, 2.05) is 19.1 Å². The molecule has 2 atom stereocenters. The first-order valence-electron chi connectivity index (χ1n) is 9.04. The molecule has 0 spiro atoms. The Morgan fingerprint density at radius 2 is 2.00 bits per heavy atom. The van der Waals surface area contributed by atoms with Crippen molar-refractivity contribution in [3.05, 3.63) is 40.5 Å². The monoisotopic (exact) mass is 372 g/mol. The molecule has 5 nitrogen and oxygen atoms in total. The number of carbonyl (C=O) groups excluding carboxylic acids is 1. The third kappa shape index (κ3) is 3.28. The highest BCUT2D eigenvalue weighted by Crippen LogP contribution is 2.40. The third-order valence-electron chi connectivity index (χ3n) is 5.31. The molecule has 1 aliphatic carbocycles. The lowest BCUT2D eigenvalue weighted by atomic mass is 9.90. The summed E-state index contributed by atoms with van der Waals surface area (Å²) in [6.45, 7) is 2.82. The average Bonchev–Trinajstić information content (AvgIpc) is 3.44. The van der Waals surface area contributed by atoms with E-state index < -0.39 is 11.9 Å². The minimum absolute atomic E-state index is 0.126. The number of rotatable bonds is 3. The summed E-state index contributed by atoms with van der Waals surface area (Å²) < 4.78 is 0. The number of fused-ring (bicyclic) bond motifs is 1. The van der Waals surface area contributed by atoms with Crippen LogP contribution in [0.3, 0.4) is 0 Å². The minimum atomic E-state index is -0.837. The van der Waals surface area contributed by atoms with Crippen molar-refractivity contribution in [2.24, 2.45) is 11.8 Å². The van der Waals surface area contributed by atoms with Crippen molar-refractivity contribution in [3.8, 4) is 0 Å². The van der Waals surface area contributed by atoms with Gasteiger partial charge >= 0.3 is 5.97 Å². The van der Waals surface area contributed by atoms with E-state index >= 15 is 0 Å². The first kappa shape index (κ1) is 17.3. The number of hydrogen-bond donors (Lipinski definition) is 1. The summed E-state index contributed by atoms with van der Waals surface area (Å²) in [4.78, 5) is 31.1. The van der Waals surface area contributed by atoms with Crippen LogP contribution < -0.4 is 0 Å². The number of piperidine rings is 1. The predicted molar refractivity (Wildman–Crippen MR) is 99.5 cm³/mol. The summed E-state index contributed by atoms with van der Waals surface area (Å²) in [5.74, 6) is -0.889. The van der Waals surface area contributed by atoms with Crippen molar-refractivity contribution >= 4 is 34.4 Å². The number of carbonyl (C=O) groups is 2. The molecule has 136 valence electrons. The van der Waals surface area contributed by atoms with E-state index in [-0.39, 0.29) is 18.4 Å². The second kappa shape index (κ2) is 6.54. The Morgan fingerprint density at radius 1 is 1.23 bits per heavy atom. The number of nitrogens with zero attached hydrogens (tertiary/aromatic N) is 2. The molecule has 1 N–H and O–H groups in total. The zero-order valence-corrected chi connectivity index (χ0v) is 15.4. The fraction of sp³-hybridized carbons (Fsp3) is 0.450. The molecule has 1 aromatic heterocycles. The predicted octanol–water partition coefficient (Wildman–Crippen LogP) is 3.95. The van der Waals surface area contributed by atoms with Gasteiger partial charge in [-0.3, -0.25) is 14.6 Å². The van der Waals surface area contributed by atoms with Gasteiger partial charge in [-0.2, -0.15) is 0 Å². The van der Waals surface area contributed by atoms with Gasteiger partial charge in [0.1, 0.15) is 0 Å². The van der Waals surface area contributed by atoms with Crippen LogP contribution in [0.4, 0.5) is 0 Å². The number of likely N-dealkylation sites (tertiary alicyclic amines) is 1. The van der Waals surface area contributed by atoms with Gasteiger partial charge < -0.3 is 10.0 Å². The van der Waals surface area contributed by atoms with Crippen molar-refractivity contribution in [1.29, 1.82) is 0 Å². The van der Waals surface area contributed by atoms with E-state index in [1.165, 1.54) is 0 Å². The summed E-state index contributed by atoms with van der Waals surface area (Å²) in [6, 6.07) is 7.29. The second-order valence-corrected chi connectivity index (χ2v) is 8.05. The number of carboxylic acids is 1. The lowest BCUT2D eigenvalue weighted by molar-refractivity contribution is -0.143. The number of aliphatic carboxylic acids is 1. The number of amides is 1. The highest BCUT2D eigenvalue weighted by atomic mass is 35.5. The van der Waals surface area contributed by atoms with Gasteiger partial charge in [0, 0.05) is 35.1 Å². The number of aromatic nitrogens is 1. The lowest BCUT2D eigenvalue weighted by Crippen LogP contribution is -2.45. The van der Waals surface area contributed by atoms with Gasteiger partial charge in [-0.25, -0.2) is 0 Å². The fourth-order valence-electron chi connectivity index (χ4n) is 3.85. The SMILES string of the molecule is CC1CC(C(=O)O)CN(C(=O)c2cc(C3CC3)nc3ccc(Cl)cc23)C1. The van der Waals surface area contributed by atoms with Crippen molar-refractivity contribution < 1.29 is 14.7 Å². The maximum Gasteiger partial charge on any atom is 0.308 e. The normalized spacial score (nSPS) is 23.2. The van der Waals surface area contributed by atoms with Crippen LogP contribution in [0.5, 0.6) is 0 Å². The number of halogens is 1. The van der Waals surface area contributed by atoms with Crippen LogP contribution in [-0.2, 0) is 4.79 Å². The highest BCUT2D eigenvalue weighted by molar-refractivity contribution is 6.31. The van der Waals surface area contributed by atoms with E-state index in [9.17, 15) is 14.7 Å². The van der Waals surface area contributed by atoms with Gasteiger partial charge in [-0.05, 0) is 49.4 Å². The largest absolute Gasteiger partial charge is 0.481 e. The Balaban J connectivity index is 1.75. The Labute approximate surface area is 157 Å². The van der Waals surface area contributed by atoms with E-state index in [2.05, 4.69) is 0 Å². The van der Waals surface area contributed by atoms with Crippen LogP contribution >= 0.6 is 11.6 Å². The van der Waals surface area contributed by atoms with Crippen LogP contribution in [0.2, 0.25) is 5.02 Å². The molecule has 2 fully saturated rings. The van der Waals surface area contributed by atoms with E-state index in [1.54, 1.807) is 17.0 Å². The summed E-state index contributed by atoms with van der Waals surface area (Å²) in [7, 11) is 0. The quantitative estimate of drug-likeness (QED) is 0.885. The molecule has 2 heterocycles. The molecule has 1 saturated carbocycles. The van der Waals surface area contributed by atoms with Crippen LogP contribution in [-0.4, -0.2) is 40.0 Å². The van der Waals surface area contributed by atoms with Crippen LogP contribution in [0.1, 0.15) is 48.2 Å². The fourth-order valence-corrected chi connectivity index (χ4v) is 4.02. The summed E-state index contributed by atoms with van der Waals surface area (Å²) >= 11 is 6.15. The van der Waals surface area contributed by atoms with Crippen molar-refractivity contribution in [3.63, 3.8) is 0 Å². The molecule has 0 bridgehead atoms. The summed E-state index contributed by atoms with van der Waals surface area (Å²) in [6.07, 6.45) is 2.80. The Hall–Kier alpha value is -2.14. The minimum Gasteiger partial charge on any atom is -0.481 e. The van der Waals surface area contributed by atoms with E-state index in [4.69, 9.17) is 16.6 Å². The van der Waals surface area contributed by atoms with Crippen LogP contribution in [0.25, 0.3) is 10.9 Å². The van der Waals surface area contributed by atoms with Crippen LogP contribution in [0, 0.1) is 11.8 Å². The molecule has 1 amide bonds. The van der Waals surface area contributed by atoms with Gasteiger partial charge in [0.2, 0.25) is 0 Å². The van der Waals surface area contributed by atoms with Gasteiger partial charge in [0.25, 0.3) is 5.91 Å². The number of hydrogen-bond acceptors (Lipinski definition) is 3. The molecule has 1 saturated heterocycles. The molecule has 2 unspecified atom stereocenters. The molecule has 2 aliphatic rings. The van der Waals surface area contributed by atoms with Crippen molar-refractivity contribution in [2.45, 2.75) is 32.1 Å². The number of benzene rings is 1. The summed E-state index contributed by atoms with van der Waals surface area (Å²) in [5.41, 5.74) is 2.29. The average molecular weight is 373 g/mol. The molecule has 6 heteroatoms. The smallest absolute Gasteiger partial charge is 0.308 e. The maximum absolute atomic E-state index is 13.3. The third-order valence-corrected chi connectivity index (χ3v) is 5.55. The molecule has 0 radical (unpaired) electrons. The van der Waals surface area contributed by atoms with Gasteiger partial charge in [-0.1, -0.05) is 18.5 Å². The molecule has 26 heavy (non-hydrogen) atoms. The van der Waals surface area contributed by atoms with Crippen molar-refractivity contribution in [2.75, 3.05) is 13.1 Å². The van der Waals surface area contributed by atoms with Crippen molar-refractivity contribution in [1.82, 2.24) is 9.88 Å². The van der Waals surface area contributed by atoms with Gasteiger partial charge in [0.15, 0.2) is 0 Å². The molecule has 4 rings (SSSR count). The molecule has 2 aromatic rings. The lowest BCUT2D eigenvalue weighted by Gasteiger charge is -2.35. The molecular formula is C20H21ClN2O3.